The van der Waals surface area contributed by atoms with Crippen molar-refractivity contribution in [3.63, 3.8) is 0 Å². The number of carbonyl (C=O) groups is 1. The first-order chi connectivity index (χ1) is 10.0. The SMILES string of the molecule is Cc1ccc(CC(=O)C2CC3CCCC(C2)S3)c(F)c1F. The molecule has 1 nitrogen and oxygen atoms in total. The fourth-order valence-corrected chi connectivity index (χ4v) is 5.31. The van der Waals surface area contributed by atoms with Crippen LogP contribution < -0.4 is 0 Å². The molecule has 3 rings (SSSR count). The summed E-state index contributed by atoms with van der Waals surface area (Å²) in [5.41, 5.74) is 0.485. The van der Waals surface area contributed by atoms with E-state index in [9.17, 15) is 13.6 Å². The first-order valence-electron chi connectivity index (χ1n) is 7.66. The van der Waals surface area contributed by atoms with Crippen molar-refractivity contribution in [3.8, 4) is 0 Å². The minimum Gasteiger partial charge on any atom is -0.299 e. The van der Waals surface area contributed by atoms with Gasteiger partial charge >= 0.3 is 0 Å². The molecule has 2 aliphatic rings. The number of fused-ring (bicyclic) bond motifs is 2. The second-order valence-electron chi connectivity index (χ2n) is 6.29. The topological polar surface area (TPSA) is 17.1 Å². The van der Waals surface area contributed by atoms with Crippen molar-refractivity contribution in [2.24, 2.45) is 5.92 Å². The molecule has 0 aliphatic carbocycles. The molecule has 2 atom stereocenters. The van der Waals surface area contributed by atoms with Crippen molar-refractivity contribution < 1.29 is 13.6 Å². The van der Waals surface area contributed by atoms with Gasteiger partial charge in [0.15, 0.2) is 11.6 Å². The average Bonchev–Trinajstić information content (AvgIpc) is 2.47. The molecule has 2 unspecified atom stereocenters. The molecule has 2 heterocycles. The number of hydrogen-bond acceptors (Lipinski definition) is 2. The molecule has 2 aliphatic heterocycles. The van der Waals surface area contributed by atoms with Gasteiger partial charge in [-0.1, -0.05) is 18.6 Å². The molecule has 2 fully saturated rings. The van der Waals surface area contributed by atoms with Crippen LogP contribution >= 0.6 is 11.8 Å². The van der Waals surface area contributed by atoms with Gasteiger partial charge in [-0.25, -0.2) is 8.78 Å². The van der Waals surface area contributed by atoms with Gasteiger partial charge < -0.3 is 0 Å². The molecule has 2 bridgehead atoms. The maximum atomic E-state index is 13.9. The average molecular weight is 310 g/mol. The molecule has 0 spiro atoms. The first kappa shape index (κ1) is 15.0. The molecular weight excluding hydrogens is 290 g/mol. The molecule has 0 radical (unpaired) electrons. The lowest BCUT2D eigenvalue weighted by Crippen LogP contribution is -2.33. The van der Waals surface area contributed by atoms with Gasteiger partial charge in [0.25, 0.3) is 0 Å². The van der Waals surface area contributed by atoms with Gasteiger partial charge in [-0.2, -0.15) is 11.8 Å². The van der Waals surface area contributed by atoms with E-state index in [-0.39, 0.29) is 29.2 Å². The van der Waals surface area contributed by atoms with Crippen molar-refractivity contribution in [1.29, 1.82) is 0 Å². The third kappa shape index (κ3) is 3.15. The van der Waals surface area contributed by atoms with Crippen LogP contribution in [0.3, 0.4) is 0 Å². The normalized spacial score (nSPS) is 28.4. The zero-order chi connectivity index (χ0) is 15.0. The number of benzene rings is 1. The van der Waals surface area contributed by atoms with Gasteiger partial charge in [-0.05, 0) is 43.7 Å². The summed E-state index contributed by atoms with van der Waals surface area (Å²) in [6.07, 6.45) is 5.50. The van der Waals surface area contributed by atoms with Crippen LogP contribution in [0.15, 0.2) is 12.1 Å². The van der Waals surface area contributed by atoms with E-state index >= 15 is 0 Å². The van der Waals surface area contributed by atoms with E-state index in [1.54, 1.807) is 12.1 Å². The van der Waals surface area contributed by atoms with Crippen molar-refractivity contribution in [2.75, 3.05) is 0 Å². The molecule has 1 aromatic carbocycles. The Bertz CT molecular complexity index is 546. The molecule has 2 saturated heterocycles. The highest BCUT2D eigenvalue weighted by molar-refractivity contribution is 8.00. The van der Waals surface area contributed by atoms with Crippen LogP contribution in [0.5, 0.6) is 0 Å². The maximum absolute atomic E-state index is 13.9. The lowest BCUT2D eigenvalue weighted by atomic mass is 9.84. The van der Waals surface area contributed by atoms with Crippen LogP contribution in [0.2, 0.25) is 0 Å². The summed E-state index contributed by atoms with van der Waals surface area (Å²) in [5.74, 6) is -1.57. The van der Waals surface area contributed by atoms with Crippen LogP contribution in [0.1, 0.15) is 43.2 Å². The molecule has 4 heteroatoms. The molecule has 0 N–H and O–H groups in total. The van der Waals surface area contributed by atoms with Crippen LogP contribution in [-0.4, -0.2) is 16.3 Å². The largest absolute Gasteiger partial charge is 0.299 e. The predicted molar refractivity (Wildman–Crippen MR) is 81.5 cm³/mol. The van der Waals surface area contributed by atoms with E-state index in [1.165, 1.54) is 26.2 Å². The number of Topliss-reactive ketones (excluding diaryl/α,β-unsaturated/α-hetero) is 1. The summed E-state index contributed by atoms with van der Waals surface area (Å²) in [7, 11) is 0. The van der Waals surface area contributed by atoms with Gasteiger partial charge in [0.05, 0.1) is 0 Å². The number of halogens is 2. The summed E-state index contributed by atoms with van der Waals surface area (Å²) in [6.45, 7) is 1.53. The van der Waals surface area contributed by atoms with Crippen molar-refractivity contribution in [1.82, 2.24) is 0 Å². The molecule has 21 heavy (non-hydrogen) atoms. The van der Waals surface area contributed by atoms with Gasteiger partial charge in [-0.3, -0.25) is 4.79 Å². The van der Waals surface area contributed by atoms with Crippen LogP contribution in [0.25, 0.3) is 0 Å². The highest BCUT2D eigenvalue weighted by atomic mass is 32.2. The van der Waals surface area contributed by atoms with E-state index < -0.39 is 11.6 Å². The Morgan fingerprint density at radius 2 is 1.86 bits per heavy atom. The highest BCUT2D eigenvalue weighted by Gasteiger charge is 2.35. The lowest BCUT2D eigenvalue weighted by Gasteiger charge is -2.38. The van der Waals surface area contributed by atoms with E-state index in [0.717, 1.165) is 12.8 Å². The smallest absolute Gasteiger partial charge is 0.162 e. The number of carbonyl (C=O) groups excluding carboxylic acids is 1. The van der Waals surface area contributed by atoms with Gasteiger partial charge in [0, 0.05) is 22.8 Å². The number of hydrogen-bond donors (Lipinski definition) is 0. The van der Waals surface area contributed by atoms with Gasteiger partial charge in [-0.15, -0.1) is 0 Å². The van der Waals surface area contributed by atoms with Crippen LogP contribution in [0, 0.1) is 24.5 Å². The number of ketones is 1. The van der Waals surface area contributed by atoms with Crippen molar-refractivity contribution >= 4 is 17.5 Å². The number of rotatable bonds is 3. The van der Waals surface area contributed by atoms with Crippen molar-refractivity contribution in [3.05, 3.63) is 34.9 Å². The van der Waals surface area contributed by atoms with E-state index in [0.29, 0.717) is 10.5 Å². The Labute approximate surface area is 128 Å². The van der Waals surface area contributed by atoms with Gasteiger partial charge in [0.2, 0.25) is 0 Å². The Balaban J connectivity index is 1.70. The second kappa shape index (κ2) is 6.07. The predicted octanol–water partition coefficient (Wildman–Crippen LogP) is 4.45. The first-order valence-corrected chi connectivity index (χ1v) is 8.60. The maximum Gasteiger partial charge on any atom is 0.162 e. The molecular formula is C17H20F2OS. The minimum absolute atomic E-state index is 0.0256. The Kier molecular flexibility index (Phi) is 4.34. The summed E-state index contributed by atoms with van der Waals surface area (Å²) >= 11 is 2.02. The zero-order valence-corrected chi connectivity index (χ0v) is 13.0. The van der Waals surface area contributed by atoms with Gasteiger partial charge in [0.1, 0.15) is 5.78 Å². The molecule has 0 aromatic heterocycles. The molecule has 114 valence electrons. The molecule has 1 aromatic rings. The third-order valence-corrected chi connectivity index (χ3v) is 6.33. The van der Waals surface area contributed by atoms with Crippen LogP contribution in [0.4, 0.5) is 8.78 Å². The van der Waals surface area contributed by atoms with E-state index in [2.05, 4.69) is 0 Å². The second-order valence-corrected chi connectivity index (χ2v) is 7.90. The Morgan fingerprint density at radius 1 is 1.19 bits per heavy atom. The number of aryl methyl sites for hydroxylation is 1. The van der Waals surface area contributed by atoms with Crippen LogP contribution in [-0.2, 0) is 11.2 Å². The zero-order valence-electron chi connectivity index (χ0n) is 12.2. The summed E-state index contributed by atoms with van der Waals surface area (Å²) in [4.78, 5) is 12.4. The summed E-state index contributed by atoms with van der Waals surface area (Å²) in [6, 6.07) is 3.09. The quantitative estimate of drug-likeness (QED) is 0.820. The Morgan fingerprint density at radius 3 is 2.52 bits per heavy atom. The fraction of sp³-hybridized carbons (Fsp3) is 0.588. The highest BCUT2D eigenvalue weighted by Crippen LogP contribution is 2.44. The lowest BCUT2D eigenvalue weighted by molar-refractivity contribution is -0.122. The fourth-order valence-electron chi connectivity index (χ4n) is 3.48. The third-order valence-electron chi connectivity index (χ3n) is 4.71. The summed E-state index contributed by atoms with van der Waals surface area (Å²) < 4.78 is 27.5. The molecule has 0 saturated carbocycles. The number of thioether (sulfide) groups is 1. The van der Waals surface area contributed by atoms with Crippen molar-refractivity contribution in [2.45, 2.75) is 55.9 Å². The van der Waals surface area contributed by atoms with E-state index in [1.807, 2.05) is 11.8 Å². The standard InChI is InChI=1S/C17H20F2OS/c1-10-5-6-11(17(19)16(10)18)9-15(20)12-7-13-3-2-4-14(8-12)21-13/h5-6,12-14H,2-4,7-9H2,1H3. The Hall–Kier alpha value is -0.900. The van der Waals surface area contributed by atoms with E-state index in [4.69, 9.17) is 0 Å². The minimum atomic E-state index is -0.853. The summed E-state index contributed by atoms with van der Waals surface area (Å²) in [5, 5.41) is 1.18. The monoisotopic (exact) mass is 310 g/mol. The molecule has 0 amide bonds.